The molecule has 6 heteroatoms. The Morgan fingerprint density at radius 2 is 1.43 bits per heavy atom. The van der Waals surface area contributed by atoms with Gasteiger partial charge in [-0.2, -0.15) is 5.26 Å². The largest absolute Gasteiger partial charge is 0.342 e. The Labute approximate surface area is 139 Å². The minimum absolute atomic E-state index is 0.122. The highest BCUT2D eigenvalue weighted by Crippen LogP contribution is 2.15. The molecule has 0 N–H and O–H groups in total. The van der Waals surface area contributed by atoms with Crippen LogP contribution in [0.15, 0.2) is 0 Å². The average molecular weight is 355 g/mol. The van der Waals surface area contributed by atoms with Gasteiger partial charge in [-0.25, -0.2) is 0 Å². The van der Waals surface area contributed by atoms with Crippen molar-refractivity contribution in [1.82, 2.24) is 4.23 Å². The third-order valence-corrected chi connectivity index (χ3v) is 14.1. The van der Waals surface area contributed by atoms with E-state index in [1.807, 2.05) is 0 Å². The summed E-state index contributed by atoms with van der Waals surface area (Å²) in [5.74, 6) is 2.89. The Balaban J connectivity index is 4.48. The SMILES string of the molecule is C#CC(CC#N)N([SiH2]CC[Si](C)(C)C)[SiH2]CC[Si](C)(C)C. The van der Waals surface area contributed by atoms with Crippen molar-refractivity contribution in [1.29, 1.82) is 5.26 Å². The Morgan fingerprint density at radius 3 is 1.71 bits per heavy atom. The molecule has 0 spiro atoms. The molecule has 120 valence electrons. The molecule has 0 aliphatic carbocycles. The van der Waals surface area contributed by atoms with Gasteiger partial charge in [-0.05, 0) is 0 Å². The second kappa shape index (κ2) is 9.81. The van der Waals surface area contributed by atoms with E-state index in [1.165, 1.54) is 24.2 Å². The third kappa shape index (κ3) is 12.1. The quantitative estimate of drug-likeness (QED) is 0.445. The summed E-state index contributed by atoms with van der Waals surface area (Å²) in [6.45, 7) is 14.7. The van der Waals surface area contributed by atoms with Gasteiger partial charge in [0.2, 0.25) is 0 Å². The van der Waals surface area contributed by atoms with E-state index < -0.39 is 16.1 Å². The first kappa shape index (κ1) is 20.9. The van der Waals surface area contributed by atoms with Crippen molar-refractivity contribution in [2.24, 2.45) is 0 Å². The van der Waals surface area contributed by atoms with E-state index in [0.717, 1.165) is 0 Å². The number of hydrogen-bond acceptors (Lipinski definition) is 2. The maximum Gasteiger partial charge on any atom is 0.0880 e. The Morgan fingerprint density at radius 1 is 1.00 bits per heavy atom. The summed E-state index contributed by atoms with van der Waals surface area (Å²) in [7, 11) is -2.36. The predicted molar refractivity (Wildman–Crippen MR) is 108 cm³/mol. The summed E-state index contributed by atoms with van der Waals surface area (Å²) in [5.41, 5.74) is 0. The number of nitriles is 1. The first-order valence-electron chi connectivity index (χ1n) is 8.16. The van der Waals surface area contributed by atoms with Crippen molar-refractivity contribution in [3.63, 3.8) is 0 Å². The van der Waals surface area contributed by atoms with E-state index >= 15 is 0 Å². The Hall–Kier alpha value is -0.122. The van der Waals surface area contributed by atoms with E-state index in [0.29, 0.717) is 6.42 Å². The van der Waals surface area contributed by atoms with Crippen molar-refractivity contribution in [2.45, 2.75) is 75.9 Å². The first-order chi connectivity index (χ1) is 9.59. The maximum absolute atomic E-state index is 9.00. The van der Waals surface area contributed by atoms with Crippen molar-refractivity contribution >= 4 is 35.5 Å². The predicted octanol–water partition coefficient (Wildman–Crippen LogP) is 2.88. The molecule has 0 aliphatic rings. The van der Waals surface area contributed by atoms with Crippen molar-refractivity contribution in [3.05, 3.63) is 0 Å². The molecule has 0 radical (unpaired) electrons. The van der Waals surface area contributed by atoms with E-state index in [2.05, 4.69) is 55.5 Å². The van der Waals surface area contributed by atoms with Crippen molar-refractivity contribution in [2.75, 3.05) is 0 Å². The standard InChI is InChI=1S/C15H34N2Si4/c1-8-15(9-10-16)17(18-11-13-20(2,3)4)19-12-14-21(5,6)7/h1,15H,9,11-14,18-19H2,2-7H3. The van der Waals surface area contributed by atoms with E-state index in [1.54, 1.807) is 0 Å². The van der Waals surface area contributed by atoms with Crippen LogP contribution in [0.1, 0.15) is 6.42 Å². The van der Waals surface area contributed by atoms with Crippen LogP contribution in [0.4, 0.5) is 0 Å². The highest BCUT2D eigenvalue weighted by molar-refractivity contribution is 6.77. The lowest BCUT2D eigenvalue weighted by Gasteiger charge is -2.29. The van der Waals surface area contributed by atoms with Crippen LogP contribution in [0.5, 0.6) is 0 Å². The van der Waals surface area contributed by atoms with Gasteiger partial charge in [-0.3, -0.25) is 0 Å². The lowest BCUT2D eigenvalue weighted by molar-refractivity contribution is 0.578. The highest BCUT2D eigenvalue weighted by atomic mass is 28.3. The second-order valence-electron chi connectivity index (χ2n) is 8.41. The summed E-state index contributed by atoms with van der Waals surface area (Å²) >= 11 is 0. The smallest absolute Gasteiger partial charge is 0.0880 e. The molecule has 2 nitrogen and oxygen atoms in total. The van der Waals surface area contributed by atoms with Crippen LogP contribution in [0.3, 0.4) is 0 Å². The van der Waals surface area contributed by atoms with Crippen LogP contribution < -0.4 is 0 Å². The molecule has 0 aliphatic heterocycles. The van der Waals surface area contributed by atoms with Gasteiger partial charge >= 0.3 is 0 Å². The van der Waals surface area contributed by atoms with E-state index in [4.69, 9.17) is 11.7 Å². The van der Waals surface area contributed by atoms with Crippen LogP contribution in [0.2, 0.25) is 63.5 Å². The lowest BCUT2D eigenvalue weighted by Crippen LogP contribution is -2.41. The number of nitrogens with zero attached hydrogens (tertiary/aromatic N) is 2. The van der Waals surface area contributed by atoms with Crippen molar-refractivity contribution in [3.8, 4) is 18.4 Å². The zero-order valence-corrected chi connectivity index (χ0v) is 19.8. The van der Waals surface area contributed by atoms with Gasteiger partial charge in [0.1, 0.15) is 0 Å². The normalized spacial score (nSPS) is 14.9. The van der Waals surface area contributed by atoms with Gasteiger partial charge in [0.25, 0.3) is 0 Å². The van der Waals surface area contributed by atoms with Gasteiger partial charge in [-0.1, -0.05) is 69.4 Å². The van der Waals surface area contributed by atoms with Crippen LogP contribution in [-0.4, -0.2) is 45.8 Å². The van der Waals surface area contributed by atoms with Gasteiger partial charge in [0.15, 0.2) is 0 Å². The van der Waals surface area contributed by atoms with E-state index in [-0.39, 0.29) is 25.4 Å². The fourth-order valence-corrected chi connectivity index (χ4v) is 16.3. The fraction of sp³-hybridized carbons (Fsp3) is 0.800. The molecule has 0 heterocycles. The molecule has 1 unspecified atom stereocenters. The van der Waals surface area contributed by atoms with Gasteiger partial charge in [0.05, 0.1) is 37.9 Å². The molecule has 0 fully saturated rings. The van der Waals surface area contributed by atoms with Gasteiger partial charge in [-0.15, -0.1) is 6.42 Å². The molecule has 0 saturated carbocycles. The second-order valence-corrected chi connectivity index (χ2v) is 24.5. The molecular weight excluding hydrogens is 321 g/mol. The molecule has 0 bridgehead atoms. The summed E-state index contributed by atoms with van der Waals surface area (Å²) in [6.07, 6.45) is 6.22. The van der Waals surface area contributed by atoms with Gasteiger partial charge < -0.3 is 4.23 Å². The summed E-state index contributed by atoms with van der Waals surface area (Å²) < 4.78 is 2.66. The average Bonchev–Trinajstić information content (AvgIpc) is 2.31. The molecule has 1 atom stereocenters. The number of terminal acetylenes is 1. The number of rotatable bonds is 10. The lowest BCUT2D eigenvalue weighted by atomic mass is 10.2. The fourth-order valence-electron chi connectivity index (χ4n) is 2.43. The summed E-state index contributed by atoms with van der Waals surface area (Å²) in [4.78, 5) is 0. The number of hydrogen-bond donors (Lipinski definition) is 0. The first-order valence-corrected chi connectivity index (χ1v) is 18.8. The monoisotopic (exact) mass is 354 g/mol. The molecule has 0 amide bonds. The van der Waals surface area contributed by atoms with Crippen molar-refractivity contribution < 1.29 is 0 Å². The molecule has 0 saturated heterocycles. The molecule has 0 aromatic carbocycles. The van der Waals surface area contributed by atoms with Crippen LogP contribution in [0, 0.1) is 23.7 Å². The summed E-state index contributed by atoms with van der Waals surface area (Å²) in [5, 5.41) is 9.00. The zero-order valence-electron chi connectivity index (χ0n) is 15.0. The molecule has 0 aromatic heterocycles. The minimum Gasteiger partial charge on any atom is -0.342 e. The molecule has 21 heavy (non-hydrogen) atoms. The van der Waals surface area contributed by atoms with Crippen LogP contribution >= 0.6 is 0 Å². The Bertz CT molecular complexity index is 351. The minimum atomic E-state index is -0.935. The summed E-state index contributed by atoms with van der Waals surface area (Å²) in [6, 6.07) is 8.03. The maximum atomic E-state index is 9.00. The van der Waals surface area contributed by atoms with Gasteiger partial charge in [0, 0.05) is 16.1 Å². The molecule has 0 rings (SSSR count). The van der Waals surface area contributed by atoms with Crippen LogP contribution in [0.25, 0.3) is 0 Å². The molecule has 0 aromatic rings. The Kier molecular flexibility index (Phi) is 9.75. The van der Waals surface area contributed by atoms with Crippen LogP contribution in [-0.2, 0) is 0 Å². The van der Waals surface area contributed by atoms with E-state index in [9.17, 15) is 0 Å². The topological polar surface area (TPSA) is 27.0 Å². The highest BCUT2D eigenvalue weighted by Gasteiger charge is 2.20. The third-order valence-electron chi connectivity index (χ3n) is 3.66. The molecular formula is C15H34N2Si4. The zero-order chi connectivity index (χ0) is 16.5.